The Balaban J connectivity index is 2.22. The summed E-state index contributed by atoms with van der Waals surface area (Å²) in [6.07, 6.45) is 0. The number of nitrogens with zero attached hydrogens (tertiary/aromatic N) is 2. The van der Waals surface area contributed by atoms with Crippen molar-refractivity contribution in [2.75, 3.05) is 7.05 Å². The van der Waals surface area contributed by atoms with Gasteiger partial charge in [0.2, 0.25) is 0 Å². The molecule has 5 nitrogen and oxygen atoms in total. The fourth-order valence-corrected chi connectivity index (χ4v) is 2.68. The Bertz CT molecular complexity index is 625. The monoisotopic (exact) mass is 290 g/mol. The predicted octanol–water partition coefficient (Wildman–Crippen LogP) is 3.49. The molecule has 2 aromatic rings. The summed E-state index contributed by atoms with van der Waals surface area (Å²) in [5.74, 6) is -0.227. The van der Waals surface area contributed by atoms with Gasteiger partial charge in [0.1, 0.15) is 0 Å². The number of carbonyl (C=O) groups is 1. The fraction of sp³-hybridized carbons (Fsp3) is 0.214. The third-order valence-corrected chi connectivity index (χ3v) is 4.20. The van der Waals surface area contributed by atoms with E-state index in [4.69, 9.17) is 0 Å². The molecule has 0 aliphatic heterocycles. The van der Waals surface area contributed by atoms with E-state index < -0.39 is 4.92 Å². The van der Waals surface area contributed by atoms with Crippen molar-refractivity contribution in [2.45, 2.75) is 13.0 Å². The maximum absolute atomic E-state index is 12.4. The Morgan fingerprint density at radius 3 is 2.70 bits per heavy atom. The molecule has 0 aliphatic rings. The van der Waals surface area contributed by atoms with Crippen molar-refractivity contribution in [3.8, 4) is 0 Å². The van der Waals surface area contributed by atoms with E-state index in [9.17, 15) is 14.9 Å². The molecular formula is C14H14N2O3S. The smallest absolute Gasteiger partial charge is 0.270 e. The summed E-state index contributed by atoms with van der Waals surface area (Å²) in [5, 5.41) is 12.7. The quantitative estimate of drug-likeness (QED) is 0.639. The Morgan fingerprint density at radius 1 is 1.35 bits per heavy atom. The van der Waals surface area contributed by atoms with Gasteiger partial charge in [0, 0.05) is 29.6 Å². The molecule has 1 heterocycles. The van der Waals surface area contributed by atoms with E-state index in [0.717, 1.165) is 4.88 Å². The molecule has 1 atom stereocenters. The molecular weight excluding hydrogens is 276 g/mol. The van der Waals surface area contributed by atoms with Crippen LogP contribution in [0.3, 0.4) is 0 Å². The molecule has 2 rings (SSSR count). The van der Waals surface area contributed by atoms with Crippen LogP contribution in [0.25, 0.3) is 0 Å². The lowest BCUT2D eigenvalue weighted by Gasteiger charge is -2.24. The summed E-state index contributed by atoms with van der Waals surface area (Å²) in [4.78, 5) is 25.3. The number of hydrogen-bond acceptors (Lipinski definition) is 4. The zero-order valence-electron chi connectivity index (χ0n) is 11.1. The first-order valence-corrected chi connectivity index (χ1v) is 6.93. The van der Waals surface area contributed by atoms with Crippen molar-refractivity contribution >= 4 is 22.9 Å². The Labute approximate surface area is 120 Å². The van der Waals surface area contributed by atoms with Gasteiger partial charge < -0.3 is 4.90 Å². The summed E-state index contributed by atoms with van der Waals surface area (Å²) < 4.78 is 0. The number of amides is 1. The second-order valence-corrected chi connectivity index (χ2v) is 5.39. The molecule has 6 heteroatoms. The van der Waals surface area contributed by atoms with Crippen LogP contribution >= 0.6 is 11.3 Å². The molecule has 0 saturated carbocycles. The molecule has 104 valence electrons. The number of non-ortho nitro benzene ring substituents is 1. The zero-order valence-corrected chi connectivity index (χ0v) is 12.0. The minimum Gasteiger partial charge on any atom is -0.334 e. The third kappa shape index (κ3) is 2.85. The molecule has 1 aromatic heterocycles. The van der Waals surface area contributed by atoms with E-state index in [2.05, 4.69) is 0 Å². The second-order valence-electron chi connectivity index (χ2n) is 4.41. The van der Waals surface area contributed by atoms with Crippen molar-refractivity contribution in [1.29, 1.82) is 0 Å². The highest BCUT2D eigenvalue weighted by Crippen LogP contribution is 2.25. The molecule has 1 aromatic carbocycles. The Morgan fingerprint density at radius 2 is 2.10 bits per heavy atom. The van der Waals surface area contributed by atoms with Gasteiger partial charge in [-0.15, -0.1) is 11.3 Å². The van der Waals surface area contributed by atoms with Crippen molar-refractivity contribution in [3.05, 3.63) is 62.3 Å². The Kier molecular flexibility index (Phi) is 4.14. The number of carbonyl (C=O) groups excluding carboxylic acids is 1. The van der Waals surface area contributed by atoms with Gasteiger partial charge in [0.05, 0.1) is 11.0 Å². The predicted molar refractivity (Wildman–Crippen MR) is 77.9 cm³/mol. The molecule has 20 heavy (non-hydrogen) atoms. The topological polar surface area (TPSA) is 63.5 Å². The van der Waals surface area contributed by atoms with Crippen molar-refractivity contribution in [3.63, 3.8) is 0 Å². The molecule has 0 bridgehead atoms. The number of nitro benzene ring substituents is 1. The first-order chi connectivity index (χ1) is 9.50. The molecule has 0 radical (unpaired) electrons. The number of hydrogen-bond donors (Lipinski definition) is 0. The van der Waals surface area contributed by atoms with E-state index in [1.165, 1.54) is 18.2 Å². The highest BCUT2D eigenvalue weighted by Gasteiger charge is 2.21. The van der Waals surface area contributed by atoms with Crippen LogP contribution in [0.1, 0.15) is 28.2 Å². The summed E-state index contributed by atoms with van der Waals surface area (Å²) in [7, 11) is 1.70. The minimum absolute atomic E-state index is 0.0678. The van der Waals surface area contributed by atoms with Gasteiger partial charge in [-0.25, -0.2) is 0 Å². The normalized spacial score (nSPS) is 11.9. The molecule has 1 amide bonds. The van der Waals surface area contributed by atoms with Gasteiger partial charge in [-0.1, -0.05) is 12.1 Å². The van der Waals surface area contributed by atoms with Crippen LogP contribution in [-0.2, 0) is 0 Å². The number of rotatable bonds is 4. The van der Waals surface area contributed by atoms with Crippen LogP contribution in [0.5, 0.6) is 0 Å². The van der Waals surface area contributed by atoms with E-state index in [1.54, 1.807) is 29.4 Å². The summed E-state index contributed by atoms with van der Waals surface area (Å²) in [6, 6.07) is 9.62. The average Bonchev–Trinajstić information content (AvgIpc) is 2.99. The van der Waals surface area contributed by atoms with Crippen LogP contribution in [-0.4, -0.2) is 22.8 Å². The van der Waals surface area contributed by atoms with Crippen LogP contribution in [0.15, 0.2) is 41.8 Å². The second kappa shape index (κ2) is 5.83. The largest absolute Gasteiger partial charge is 0.334 e. The number of nitro groups is 1. The minimum atomic E-state index is -0.501. The van der Waals surface area contributed by atoms with Crippen LogP contribution in [0.2, 0.25) is 0 Å². The van der Waals surface area contributed by atoms with Gasteiger partial charge in [0.15, 0.2) is 0 Å². The van der Waals surface area contributed by atoms with Gasteiger partial charge in [-0.05, 0) is 24.4 Å². The summed E-state index contributed by atoms with van der Waals surface area (Å²) in [6.45, 7) is 1.93. The summed E-state index contributed by atoms with van der Waals surface area (Å²) >= 11 is 1.58. The van der Waals surface area contributed by atoms with Crippen LogP contribution in [0.4, 0.5) is 5.69 Å². The van der Waals surface area contributed by atoms with E-state index in [0.29, 0.717) is 5.56 Å². The van der Waals surface area contributed by atoms with Gasteiger partial charge >= 0.3 is 0 Å². The van der Waals surface area contributed by atoms with Gasteiger partial charge in [0.25, 0.3) is 11.6 Å². The molecule has 0 N–H and O–H groups in total. The SMILES string of the molecule is C[C@H](c1cccs1)N(C)C(=O)c1cccc([N+](=O)[O-])c1. The highest BCUT2D eigenvalue weighted by molar-refractivity contribution is 7.10. The third-order valence-electron chi connectivity index (χ3n) is 3.16. The van der Waals surface area contributed by atoms with Crippen LogP contribution in [0, 0.1) is 10.1 Å². The molecule has 0 fully saturated rings. The van der Waals surface area contributed by atoms with Gasteiger partial charge in [-0.2, -0.15) is 0 Å². The molecule has 0 spiro atoms. The lowest BCUT2D eigenvalue weighted by Crippen LogP contribution is -2.29. The maximum Gasteiger partial charge on any atom is 0.270 e. The Hall–Kier alpha value is -2.21. The lowest BCUT2D eigenvalue weighted by molar-refractivity contribution is -0.384. The standard InChI is InChI=1S/C14H14N2O3S/c1-10(13-7-4-8-20-13)15(2)14(17)11-5-3-6-12(9-11)16(18)19/h3-10H,1-2H3/t10-/m1/s1. The van der Waals surface area contributed by atoms with E-state index in [1.807, 2.05) is 24.4 Å². The first kappa shape index (κ1) is 14.2. The summed E-state index contributed by atoms with van der Waals surface area (Å²) in [5.41, 5.74) is 0.248. The number of thiophene rings is 1. The molecule has 0 unspecified atom stereocenters. The van der Waals surface area contributed by atoms with E-state index in [-0.39, 0.29) is 17.6 Å². The lowest BCUT2D eigenvalue weighted by atomic mass is 10.1. The fourth-order valence-electron chi connectivity index (χ4n) is 1.85. The highest BCUT2D eigenvalue weighted by atomic mass is 32.1. The average molecular weight is 290 g/mol. The maximum atomic E-state index is 12.4. The van der Waals surface area contributed by atoms with Crippen molar-refractivity contribution < 1.29 is 9.72 Å². The van der Waals surface area contributed by atoms with Crippen molar-refractivity contribution in [1.82, 2.24) is 4.90 Å². The molecule has 0 aliphatic carbocycles. The van der Waals surface area contributed by atoms with Gasteiger partial charge in [-0.3, -0.25) is 14.9 Å². The van der Waals surface area contributed by atoms with Crippen molar-refractivity contribution in [2.24, 2.45) is 0 Å². The number of benzene rings is 1. The molecule has 0 saturated heterocycles. The van der Waals surface area contributed by atoms with E-state index >= 15 is 0 Å². The first-order valence-electron chi connectivity index (χ1n) is 6.05. The zero-order chi connectivity index (χ0) is 14.7. The van der Waals surface area contributed by atoms with Crippen LogP contribution < -0.4 is 0 Å².